The van der Waals surface area contributed by atoms with Crippen molar-refractivity contribution in [1.82, 2.24) is 19.7 Å². The van der Waals surface area contributed by atoms with E-state index in [1.165, 1.54) is 5.56 Å². The topological polar surface area (TPSA) is 71.3 Å². The lowest BCUT2D eigenvalue weighted by Gasteiger charge is -2.16. The van der Waals surface area contributed by atoms with Gasteiger partial charge in [0, 0.05) is 23.2 Å². The third kappa shape index (κ3) is 5.27. The van der Waals surface area contributed by atoms with Crippen LogP contribution in [0.25, 0.3) is 10.6 Å². The molecule has 3 heterocycles. The summed E-state index contributed by atoms with van der Waals surface area (Å²) in [5.41, 5.74) is 3.29. The second-order valence-corrected chi connectivity index (χ2v) is 10.5. The Balaban J connectivity index is 1.26. The predicted octanol–water partition coefficient (Wildman–Crippen LogP) is 6.87. The molecule has 2 aromatic heterocycles. The molecule has 0 spiro atoms. The van der Waals surface area contributed by atoms with Crippen molar-refractivity contribution in [3.05, 3.63) is 77.6 Å². The van der Waals surface area contributed by atoms with Gasteiger partial charge in [-0.05, 0) is 48.7 Å². The summed E-state index contributed by atoms with van der Waals surface area (Å²) in [6, 6.07) is 14.1. The van der Waals surface area contributed by atoms with Crippen LogP contribution in [0, 0.1) is 0 Å². The molecule has 0 bridgehead atoms. The fourth-order valence-electron chi connectivity index (χ4n) is 3.87. The monoisotopic (exact) mass is 520 g/mol. The second-order valence-electron chi connectivity index (χ2n) is 8.72. The van der Waals surface area contributed by atoms with E-state index in [1.54, 1.807) is 23.1 Å². The molecule has 0 amide bonds. The van der Waals surface area contributed by atoms with E-state index in [9.17, 15) is 0 Å². The molecule has 36 heavy (non-hydrogen) atoms. The minimum absolute atomic E-state index is 0.256. The van der Waals surface area contributed by atoms with Crippen LogP contribution in [0.3, 0.4) is 0 Å². The molecule has 1 aliphatic heterocycles. The molecule has 7 nitrogen and oxygen atoms in total. The van der Waals surface area contributed by atoms with Crippen molar-refractivity contribution in [2.45, 2.75) is 50.2 Å². The normalized spacial score (nSPS) is 13.2. The van der Waals surface area contributed by atoms with Gasteiger partial charge < -0.3 is 14.2 Å². The number of benzene rings is 2. The number of ether oxygens (including phenoxy) is 3. The van der Waals surface area contributed by atoms with Crippen LogP contribution in [-0.2, 0) is 12.3 Å². The minimum atomic E-state index is -0.256. The third-order valence-corrected chi connectivity index (χ3v) is 7.74. The first-order chi connectivity index (χ1) is 17.5. The molecule has 1 unspecified atom stereocenters. The van der Waals surface area contributed by atoms with Gasteiger partial charge in [0.05, 0.1) is 5.69 Å². The van der Waals surface area contributed by atoms with Crippen molar-refractivity contribution < 1.29 is 14.2 Å². The highest BCUT2D eigenvalue weighted by atomic mass is 32.2. The zero-order chi connectivity index (χ0) is 25.1. The number of hydrogen-bond donors (Lipinski definition) is 0. The van der Waals surface area contributed by atoms with Gasteiger partial charge in [0.1, 0.15) is 10.8 Å². The van der Waals surface area contributed by atoms with Crippen molar-refractivity contribution in [3.63, 3.8) is 0 Å². The Morgan fingerprint density at radius 1 is 1.11 bits per heavy atom. The van der Waals surface area contributed by atoms with Crippen LogP contribution < -0.4 is 14.2 Å². The SMILES string of the molecule is C=CCn1c(SCc2csc(-c3ccc4c(c3)OCO4)n2)nnc1C(C)Oc1ccc(C(C)C)cc1. The number of aromatic nitrogens is 4. The summed E-state index contributed by atoms with van der Waals surface area (Å²) < 4.78 is 19.1. The van der Waals surface area contributed by atoms with Crippen LogP contribution >= 0.6 is 23.1 Å². The van der Waals surface area contributed by atoms with E-state index in [-0.39, 0.29) is 12.9 Å². The predicted molar refractivity (Wildman–Crippen MR) is 143 cm³/mol. The van der Waals surface area contributed by atoms with Gasteiger partial charge in [-0.25, -0.2) is 4.98 Å². The number of thioether (sulfide) groups is 1. The summed E-state index contributed by atoms with van der Waals surface area (Å²) in [4.78, 5) is 4.81. The molecular formula is C27H28N4O3S2. The van der Waals surface area contributed by atoms with Crippen LogP contribution in [0.4, 0.5) is 0 Å². The van der Waals surface area contributed by atoms with Crippen molar-refractivity contribution in [2.75, 3.05) is 6.79 Å². The highest BCUT2D eigenvalue weighted by Crippen LogP contribution is 2.37. The second kappa shape index (κ2) is 10.8. The molecule has 5 rings (SSSR count). The number of hydrogen-bond acceptors (Lipinski definition) is 8. The molecular weight excluding hydrogens is 492 g/mol. The van der Waals surface area contributed by atoms with E-state index >= 15 is 0 Å². The molecule has 0 fully saturated rings. The fourth-order valence-corrected chi connectivity index (χ4v) is 5.64. The molecule has 0 N–H and O–H groups in total. The highest BCUT2D eigenvalue weighted by Gasteiger charge is 2.20. The summed E-state index contributed by atoms with van der Waals surface area (Å²) in [7, 11) is 0. The van der Waals surface area contributed by atoms with Crippen LogP contribution in [0.15, 0.2) is 65.7 Å². The van der Waals surface area contributed by atoms with Gasteiger partial charge in [-0.2, -0.15) is 0 Å². The van der Waals surface area contributed by atoms with Gasteiger partial charge in [-0.15, -0.1) is 28.1 Å². The highest BCUT2D eigenvalue weighted by molar-refractivity contribution is 7.98. The smallest absolute Gasteiger partial charge is 0.231 e. The lowest BCUT2D eigenvalue weighted by molar-refractivity contribution is 0.174. The first-order valence-corrected chi connectivity index (χ1v) is 13.7. The van der Waals surface area contributed by atoms with E-state index in [0.717, 1.165) is 44.5 Å². The van der Waals surface area contributed by atoms with Crippen molar-refractivity contribution in [2.24, 2.45) is 0 Å². The Morgan fingerprint density at radius 2 is 1.92 bits per heavy atom. The number of allylic oxidation sites excluding steroid dienone is 1. The first-order valence-electron chi connectivity index (χ1n) is 11.8. The molecule has 1 aliphatic rings. The van der Waals surface area contributed by atoms with Gasteiger partial charge >= 0.3 is 0 Å². The zero-order valence-electron chi connectivity index (χ0n) is 20.5. The van der Waals surface area contributed by atoms with E-state index < -0.39 is 0 Å². The lowest BCUT2D eigenvalue weighted by atomic mass is 10.0. The first kappa shape index (κ1) is 24.4. The molecule has 0 saturated heterocycles. The van der Waals surface area contributed by atoms with Gasteiger partial charge in [0.2, 0.25) is 6.79 Å². The Hall–Kier alpha value is -3.30. The van der Waals surface area contributed by atoms with E-state index in [0.29, 0.717) is 18.2 Å². The van der Waals surface area contributed by atoms with Crippen LogP contribution in [0.2, 0.25) is 0 Å². The molecule has 1 atom stereocenters. The molecule has 9 heteroatoms. The lowest BCUT2D eigenvalue weighted by Crippen LogP contribution is -2.12. The van der Waals surface area contributed by atoms with Gasteiger partial charge in [0.15, 0.2) is 28.6 Å². The molecule has 4 aromatic rings. The zero-order valence-corrected chi connectivity index (χ0v) is 22.1. The van der Waals surface area contributed by atoms with Crippen molar-refractivity contribution >= 4 is 23.1 Å². The van der Waals surface area contributed by atoms with Gasteiger partial charge in [-0.1, -0.05) is 43.8 Å². The summed E-state index contributed by atoms with van der Waals surface area (Å²) in [6.07, 6.45) is 1.59. The summed E-state index contributed by atoms with van der Waals surface area (Å²) in [5.74, 6) is 4.28. The molecule has 0 radical (unpaired) electrons. The maximum Gasteiger partial charge on any atom is 0.231 e. The summed E-state index contributed by atoms with van der Waals surface area (Å²) >= 11 is 3.22. The van der Waals surface area contributed by atoms with E-state index in [4.69, 9.17) is 19.2 Å². The van der Waals surface area contributed by atoms with Crippen molar-refractivity contribution in [1.29, 1.82) is 0 Å². The Bertz CT molecular complexity index is 1350. The van der Waals surface area contributed by atoms with Gasteiger partial charge in [-0.3, -0.25) is 4.57 Å². The minimum Gasteiger partial charge on any atom is -0.483 e. The standard InChI is InChI=1S/C27H28N4O3S2/c1-5-12-31-25(18(4)34-22-9-6-19(7-10-22)17(2)3)29-30-27(31)36-15-21-14-35-26(28-21)20-8-11-23-24(13-20)33-16-32-23/h5-11,13-14,17-18H,1,12,15-16H2,2-4H3. The van der Waals surface area contributed by atoms with E-state index in [1.807, 2.05) is 43.3 Å². The third-order valence-electron chi connectivity index (χ3n) is 5.80. The van der Waals surface area contributed by atoms with Crippen LogP contribution in [-0.4, -0.2) is 26.5 Å². The average molecular weight is 521 g/mol. The number of nitrogens with zero attached hydrogens (tertiary/aromatic N) is 4. The summed E-state index contributed by atoms with van der Waals surface area (Å²) in [5, 5.41) is 12.7. The fraction of sp³-hybridized carbons (Fsp3) is 0.296. The summed E-state index contributed by atoms with van der Waals surface area (Å²) in [6.45, 7) is 11.1. The van der Waals surface area contributed by atoms with Gasteiger partial charge in [0.25, 0.3) is 0 Å². The molecule has 0 aliphatic carbocycles. The van der Waals surface area contributed by atoms with Crippen molar-refractivity contribution in [3.8, 4) is 27.8 Å². The maximum atomic E-state index is 6.19. The number of rotatable bonds is 10. The molecule has 0 saturated carbocycles. The quantitative estimate of drug-likeness (QED) is 0.167. The Kier molecular flexibility index (Phi) is 7.29. The van der Waals surface area contributed by atoms with E-state index in [2.05, 4.69) is 52.7 Å². The maximum absolute atomic E-state index is 6.19. The Labute approximate surface area is 219 Å². The molecule has 2 aromatic carbocycles. The average Bonchev–Trinajstić information content (AvgIpc) is 3.62. The Morgan fingerprint density at radius 3 is 2.69 bits per heavy atom. The number of thiazole rings is 1. The van der Waals surface area contributed by atoms with Crippen LogP contribution in [0.5, 0.6) is 17.2 Å². The number of fused-ring (bicyclic) bond motifs is 1. The molecule has 186 valence electrons. The van der Waals surface area contributed by atoms with Crippen LogP contribution in [0.1, 0.15) is 49.9 Å². The largest absolute Gasteiger partial charge is 0.483 e.